The fourth-order valence-corrected chi connectivity index (χ4v) is 1.27. The number of aromatic hydroxyl groups is 1. The quantitative estimate of drug-likeness (QED) is 0.467. The molecule has 0 radical (unpaired) electrons. The van der Waals surface area contributed by atoms with Gasteiger partial charge in [-0.05, 0) is 22.6 Å². The van der Waals surface area contributed by atoms with Crippen molar-refractivity contribution in [3.8, 4) is 11.5 Å². The van der Waals surface area contributed by atoms with E-state index in [1.807, 2.05) is 0 Å². The highest BCUT2D eigenvalue weighted by Gasteiger charge is 2.41. The average Bonchev–Trinajstić information content (AvgIpc) is 2.06. The van der Waals surface area contributed by atoms with Gasteiger partial charge in [0, 0.05) is 6.07 Å². The van der Waals surface area contributed by atoms with E-state index in [-0.39, 0.29) is 6.07 Å². The summed E-state index contributed by atoms with van der Waals surface area (Å²) in [6.07, 6.45) is -10.4. The zero-order chi connectivity index (χ0) is 13.4. The number of hydrogen-bond donors (Lipinski definition) is 1. The summed E-state index contributed by atoms with van der Waals surface area (Å²) in [7, 11) is 0. The SMILES string of the molecule is Oc1cc(OC(F)(F)F)c(C(F)(F)F)nc1I. The van der Waals surface area contributed by atoms with Gasteiger partial charge in [-0.1, -0.05) is 0 Å². The highest BCUT2D eigenvalue weighted by atomic mass is 127. The molecule has 1 N–H and O–H groups in total. The van der Waals surface area contributed by atoms with Crippen LogP contribution in [0.2, 0.25) is 0 Å². The van der Waals surface area contributed by atoms with E-state index < -0.39 is 33.4 Å². The minimum atomic E-state index is -5.30. The van der Waals surface area contributed by atoms with E-state index in [9.17, 15) is 26.3 Å². The smallest absolute Gasteiger partial charge is 0.505 e. The first kappa shape index (κ1) is 14.1. The molecule has 0 saturated carbocycles. The summed E-state index contributed by atoms with van der Waals surface area (Å²) in [5.41, 5.74) is -1.85. The lowest BCUT2D eigenvalue weighted by atomic mass is 10.3. The molecule has 1 aromatic rings. The second kappa shape index (κ2) is 4.38. The van der Waals surface area contributed by atoms with Crippen LogP contribution in [0.25, 0.3) is 0 Å². The fourth-order valence-electron chi connectivity index (χ4n) is 0.868. The van der Waals surface area contributed by atoms with Crippen molar-refractivity contribution < 1.29 is 36.2 Å². The Bertz CT molecular complexity index is 430. The number of hydrogen-bond acceptors (Lipinski definition) is 3. The first-order valence-electron chi connectivity index (χ1n) is 3.73. The Morgan fingerprint density at radius 3 is 2.12 bits per heavy atom. The lowest BCUT2D eigenvalue weighted by Gasteiger charge is -2.15. The van der Waals surface area contributed by atoms with E-state index >= 15 is 0 Å². The van der Waals surface area contributed by atoms with Crippen LogP contribution in [0.1, 0.15) is 5.69 Å². The molecule has 17 heavy (non-hydrogen) atoms. The van der Waals surface area contributed by atoms with E-state index in [2.05, 4.69) is 9.72 Å². The molecule has 1 rings (SSSR count). The molecule has 0 aliphatic rings. The minimum absolute atomic E-state index is 0.213. The highest BCUT2D eigenvalue weighted by molar-refractivity contribution is 14.1. The predicted octanol–water partition coefficient (Wildman–Crippen LogP) is 3.31. The van der Waals surface area contributed by atoms with Gasteiger partial charge in [0.05, 0.1) is 0 Å². The number of alkyl halides is 6. The molecule has 0 unspecified atom stereocenters. The molecule has 0 saturated heterocycles. The average molecular weight is 373 g/mol. The van der Waals surface area contributed by atoms with Gasteiger partial charge in [0.25, 0.3) is 0 Å². The number of halogens is 7. The van der Waals surface area contributed by atoms with Crippen molar-refractivity contribution >= 4 is 22.6 Å². The summed E-state index contributed by atoms with van der Waals surface area (Å²) in [4.78, 5) is 2.81. The van der Waals surface area contributed by atoms with Gasteiger partial charge in [0.2, 0.25) is 0 Å². The normalized spacial score (nSPS) is 12.6. The monoisotopic (exact) mass is 373 g/mol. The first-order valence-corrected chi connectivity index (χ1v) is 4.81. The van der Waals surface area contributed by atoms with Gasteiger partial charge >= 0.3 is 12.5 Å². The Morgan fingerprint density at radius 1 is 1.18 bits per heavy atom. The Kier molecular flexibility index (Phi) is 3.64. The molecule has 10 heteroatoms. The van der Waals surface area contributed by atoms with Gasteiger partial charge < -0.3 is 9.84 Å². The summed E-state index contributed by atoms with van der Waals surface area (Å²) in [6.45, 7) is 0. The Balaban J connectivity index is 3.32. The summed E-state index contributed by atoms with van der Waals surface area (Å²) in [5, 5.41) is 9.00. The molecular weight excluding hydrogens is 371 g/mol. The second-order valence-electron chi connectivity index (χ2n) is 2.69. The van der Waals surface area contributed by atoms with Crippen molar-refractivity contribution in [2.45, 2.75) is 12.5 Å². The molecule has 0 aliphatic carbocycles. The van der Waals surface area contributed by atoms with Crippen LogP contribution in [0.5, 0.6) is 11.5 Å². The zero-order valence-corrected chi connectivity index (χ0v) is 9.68. The standard InChI is InChI=1S/C7H2F6INO2/c8-6(9,10)4-3(17-7(11,12)13)1-2(16)5(14)15-4/h1,16H. The summed E-state index contributed by atoms with van der Waals surface area (Å²) < 4.78 is 75.2. The molecule has 0 amide bonds. The predicted molar refractivity (Wildman–Crippen MR) is 50.3 cm³/mol. The molecule has 1 aromatic heterocycles. The lowest BCUT2D eigenvalue weighted by molar-refractivity contribution is -0.276. The van der Waals surface area contributed by atoms with Crippen LogP contribution in [0.3, 0.4) is 0 Å². The van der Waals surface area contributed by atoms with E-state index in [1.165, 1.54) is 22.6 Å². The first-order chi connectivity index (χ1) is 7.50. The van der Waals surface area contributed by atoms with Crippen molar-refractivity contribution in [3.63, 3.8) is 0 Å². The van der Waals surface area contributed by atoms with Crippen LogP contribution in [-0.4, -0.2) is 16.5 Å². The number of pyridine rings is 1. The van der Waals surface area contributed by atoms with E-state index in [0.29, 0.717) is 0 Å². The number of ether oxygens (including phenoxy) is 1. The third-order valence-electron chi connectivity index (χ3n) is 1.42. The van der Waals surface area contributed by atoms with Crippen molar-refractivity contribution in [1.82, 2.24) is 4.98 Å². The van der Waals surface area contributed by atoms with Crippen LogP contribution in [0, 0.1) is 3.70 Å². The number of aromatic nitrogens is 1. The van der Waals surface area contributed by atoms with Gasteiger partial charge in [0.15, 0.2) is 17.2 Å². The van der Waals surface area contributed by atoms with Crippen molar-refractivity contribution in [3.05, 3.63) is 15.5 Å². The Labute approximate surface area is 104 Å². The van der Waals surface area contributed by atoms with E-state index in [1.54, 1.807) is 0 Å². The van der Waals surface area contributed by atoms with E-state index in [4.69, 9.17) is 5.11 Å². The molecule has 0 spiro atoms. The van der Waals surface area contributed by atoms with Gasteiger partial charge in [-0.3, -0.25) is 0 Å². The van der Waals surface area contributed by atoms with Crippen molar-refractivity contribution in [2.24, 2.45) is 0 Å². The maximum Gasteiger partial charge on any atom is 0.573 e. The van der Waals surface area contributed by atoms with Crippen molar-refractivity contribution in [2.75, 3.05) is 0 Å². The van der Waals surface area contributed by atoms with Crippen LogP contribution in [-0.2, 0) is 6.18 Å². The van der Waals surface area contributed by atoms with Crippen LogP contribution >= 0.6 is 22.6 Å². The van der Waals surface area contributed by atoms with Gasteiger partial charge in [-0.2, -0.15) is 13.2 Å². The summed E-state index contributed by atoms with van der Waals surface area (Å²) >= 11 is 1.25. The van der Waals surface area contributed by atoms with Crippen LogP contribution in [0.15, 0.2) is 6.07 Å². The molecule has 1 heterocycles. The Hall–Kier alpha value is -0.940. The molecule has 3 nitrogen and oxygen atoms in total. The topological polar surface area (TPSA) is 42.4 Å². The molecular formula is C7H2F6INO2. The molecule has 0 fully saturated rings. The molecule has 96 valence electrons. The maximum absolute atomic E-state index is 12.3. The number of rotatable bonds is 1. The number of nitrogens with zero attached hydrogens (tertiary/aromatic N) is 1. The highest BCUT2D eigenvalue weighted by Crippen LogP contribution is 2.39. The van der Waals surface area contributed by atoms with Gasteiger partial charge in [-0.15, -0.1) is 13.2 Å². The van der Waals surface area contributed by atoms with Gasteiger partial charge in [-0.25, -0.2) is 4.98 Å². The summed E-state index contributed by atoms with van der Waals surface area (Å²) in [5.74, 6) is -2.43. The Morgan fingerprint density at radius 2 is 1.71 bits per heavy atom. The van der Waals surface area contributed by atoms with Crippen molar-refractivity contribution in [1.29, 1.82) is 0 Å². The lowest BCUT2D eigenvalue weighted by Crippen LogP contribution is -2.21. The maximum atomic E-state index is 12.3. The van der Waals surface area contributed by atoms with Crippen LogP contribution < -0.4 is 4.74 Å². The third-order valence-corrected chi connectivity index (χ3v) is 2.21. The van der Waals surface area contributed by atoms with Crippen LogP contribution in [0.4, 0.5) is 26.3 Å². The largest absolute Gasteiger partial charge is 0.573 e. The zero-order valence-electron chi connectivity index (χ0n) is 7.53. The summed E-state index contributed by atoms with van der Waals surface area (Å²) in [6, 6.07) is 0.213. The third kappa shape index (κ3) is 3.78. The molecule has 0 bridgehead atoms. The second-order valence-corrected chi connectivity index (χ2v) is 3.71. The fraction of sp³-hybridized carbons (Fsp3) is 0.286. The molecule has 0 atom stereocenters. The molecule has 0 aliphatic heterocycles. The van der Waals surface area contributed by atoms with E-state index in [0.717, 1.165) is 0 Å². The molecule has 0 aromatic carbocycles. The minimum Gasteiger partial charge on any atom is -0.505 e. The van der Waals surface area contributed by atoms with Gasteiger partial charge in [0.1, 0.15) is 3.70 Å².